The van der Waals surface area contributed by atoms with Gasteiger partial charge in [0.2, 0.25) is 0 Å². The second-order valence-corrected chi connectivity index (χ2v) is 3.95. The minimum atomic E-state index is -0.371. The van der Waals surface area contributed by atoms with Crippen molar-refractivity contribution in [1.82, 2.24) is 4.90 Å². The third-order valence-electron chi connectivity index (χ3n) is 1.91. The van der Waals surface area contributed by atoms with Crippen molar-refractivity contribution in [1.29, 1.82) is 0 Å². The summed E-state index contributed by atoms with van der Waals surface area (Å²) in [5, 5.41) is 0. The zero-order valence-electron chi connectivity index (χ0n) is 8.34. The summed E-state index contributed by atoms with van der Waals surface area (Å²) >= 11 is 3.15. The molecule has 0 N–H and O–H groups in total. The smallest absolute Gasteiger partial charge is 0.255 e. The highest BCUT2D eigenvalue weighted by Gasteiger charge is 2.13. The predicted octanol–water partition coefficient (Wildman–Crippen LogP) is 2.85. The van der Waals surface area contributed by atoms with Gasteiger partial charge in [-0.05, 0) is 34.1 Å². The summed E-state index contributed by atoms with van der Waals surface area (Å²) in [5.74, 6) is -0.536. The van der Waals surface area contributed by atoms with Crippen molar-refractivity contribution in [3.63, 3.8) is 0 Å². The van der Waals surface area contributed by atoms with Crippen molar-refractivity contribution in [3.05, 3.63) is 46.7 Å². The van der Waals surface area contributed by atoms with E-state index < -0.39 is 0 Å². The number of carbonyl (C=O) groups excluding carboxylic acids is 1. The zero-order chi connectivity index (χ0) is 11.4. The Morgan fingerprint density at radius 1 is 1.67 bits per heavy atom. The molecular weight excluding hydrogens is 261 g/mol. The molecule has 0 spiro atoms. The lowest BCUT2D eigenvalue weighted by Gasteiger charge is -2.15. The van der Waals surface area contributed by atoms with Crippen molar-refractivity contribution in [3.8, 4) is 0 Å². The van der Waals surface area contributed by atoms with Gasteiger partial charge >= 0.3 is 0 Å². The Morgan fingerprint density at radius 2 is 2.33 bits per heavy atom. The van der Waals surface area contributed by atoms with Crippen molar-refractivity contribution in [2.75, 3.05) is 13.6 Å². The molecule has 0 aliphatic carbocycles. The molecule has 2 nitrogen and oxygen atoms in total. The Kier molecular flexibility index (Phi) is 4.03. The zero-order valence-corrected chi connectivity index (χ0v) is 9.92. The normalized spacial score (nSPS) is 9.80. The Balaban J connectivity index is 2.96. The lowest BCUT2D eigenvalue weighted by molar-refractivity contribution is 0.0809. The first-order valence-electron chi connectivity index (χ1n) is 4.37. The van der Waals surface area contributed by atoms with Crippen molar-refractivity contribution < 1.29 is 9.18 Å². The van der Waals surface area contributed by atoms with Crippen molar-refractivity contribution >= 4 is 21.8 Å². The molecule has 4 heteroatoms. The summed E-state index contributed by atoms with van der Waals surface area (Å²) in [5.41, 5.74) is 0.445. The molecule has 1 rings (SSSR count). The second-order valence-electron chi connectivity index (χ2n) is 3.10. The molecule has 0 heterocycles. The first-order valence-corrected chi connectivity index (χ1v) is 5.17. The Bertz CT molecular complexity index is 392. The van der Waals surface area contributed by atoms with Gasteiger partial charge < -0.3 is 4.90 Å². The molecule has 1 aromatic carbocycles. The molecule has 0 atom stereocenters. The average Bonchev–Trinajstić information content (AvgIpc) is 2.17. The largest absolute Gasteiger partial charge is 0.338 e. The minimum Gasteiger partial charge on any atom is -0.338 e. The molecule has 0 aromatic heterocycles. The highest BCUT2D eigenvalue weighted by Crippen LogP contribution is 2.19. The van der Waals surface area contributed by atoms with Gasteiger partial charge in [-0.15, -0.1) is 6.58 Å². The fourth-order valence-corrected chi connectivity index (χ4v) is 1.67. The van der Waals surface area contributed by atoms with Crippen LogP contribution in [0.5, 0.6) is 0 Å². The van der Waals surface area contributed by atoms with E-state index in [1.54, 1.807) is 13.1 Å². The molecule has 0 radical (unpaired) electrons. The van der Waals surface area contributed by atoms with Gasteiger partial charge in [0.1, 0.15) is 5.82 Å². The Labute approximate surface area is 96.5 Å². The summed E-state index contributed by atoms with van der Waals surface area (Å²) in [4.78, 5) is 13.3. The number of benzene rings is 1. The number of carbonyl (C=O) groups is 1. The fourth-order valence-electron chi connectivity index (χ4n) is 1.15. The standard InChI is InChI=1S/C11H11BrFNO/c1-3-6-14(2)11(15)9-5-4-8(13)7-10(9)12/h3-5,7H,1,6H2,2H3. The van der Waals surface area contributed by atoms with E-state index in [9.17, 15) is 9.18 Å². The van der Waals surface area contributed by atoms with Crippen LogP contribution in [0.2, 0.25) is 0 Å². The first kappa shape index (κ1) is 11.9. The van der Waals surface area contributed by atoms with Crippen LogP contribution in [0.3, 0.4) is 0 Å². The van der Waals surface area contributed by atoms with E-state index in [4.69, 9.17) is 0 Å². The predicted molar refractivity (Wildman–Crippen MR) is 61.3 cm³/mol. The number of amides is 1. The van der Waals surface area contributed by atoms with Gasteiger partial charge in [0, 0.05) is 18.1 Å². The van der Waals surface area contributed by atoms with Gasteiger partial charge in [0.05, 0.1) is 5.56 Å². The van der Waals surface area contributed by atoms with Crippen LogP contribution in [-0.4, -0.2) is 24.4 Å². The maximum atomic E-state index is 12.8. The van der Waals surface area contributed by atoms with Crippen LogP contribution in [0.1, 0.15) is 10.4 Å². The van der Waals surface area contributed by atoms with E-state index in [1.807, 2.05) is 0 Å². The fraction of sp³-hybridized carbons (Fsp3) is 0.182. The van der Waals surface area contributed by atoms with Crippen LogP contribution >= 0.6 is 15.9 Å². The Morgan fingerprint density at radius 3 is 2.87 bits per heavy atom. The molecule has 80 valence electrons. The summed E-state index contributed by atoms with van der Waals surface area (Å²) in [6.45, 7) is 4.01. The van der Waals surface area contributed by atoms with E-state index >= 15 is 0 Å². The van der Waals surface area contributed by atoms with E-state index in [2.05, 4.69) is 22.5 Å². The van der Waals surface area contributed by atoms with E-state index in [-0.39, 0.29) is 11.7 Å². The monoisotopic (exact) mass is 271 g/mol. The molecule has 0 bridgehead atoms. The number of hydrogen-bond acceptors (Lipinski definition) is 1. The molecule has 0 unspecified atom stereocenters. The minimum absolute atomic E-state index is 0.165. The van der Waals surface area contributed by atoms with Gasteiger partial charge in [0.25, 0.3) is 5.91 Å². The summed E-state index contributed by atoms with van der Waals surface area (Å²) < 4.78 is 13.3. The number of rotatable bonds is 3. The summed E-state index contributed by atoms with van der Waals surface area (Å²) in [7, 11) is 1.67. The molecule has 0 fully saturated rings. The van der Waals surface area contributed by atoms with Crippen LogP contribution in [0.25, 0.3) is 0 Å². The van der Waals surface area contributed by atoms with Crippen molar-refractivity contribution in [2.24, 2.45) is 0 Å². The summed E-state index contributed by atoms with van der Waals surface area (Å²) in [6, 6.07) is 4.00. The highest BCUT2D eigenvalue weighted by molar-refractivity contribution is 9.10. The van der Waals surface area contributed by atoms with E-state index in [0.717, 1.165) is 0 Å². The average molecular weight is 272 g/mol. The molecule has 15 heavy (non-hydrogen) atoms. The first-order chi connectivity index (χ1) is 7.06. The van der Waals surface area contributed by atoms with Crippen LogP contribution in [0, 0.1) is 5.82 Å². The molecule has 1 amide bonds. The number of halogens is 2. The van der Waals surface area contributed by atoms with Gasteiger partial charge in [0.15, 0.2) is 0 Å². The van der Waals surface area contributed by atoms with E-state index in [1.165, 1.54) is 23.1 Å². The lowest BCUT2D eigenvalue weighted by Crippen LogP contribution is -2.26. The number of nitrogens with zero attached hydrogens (tertiary/aromatic N) is 1. The number of likely N-dealkylation sites (N-methyl/N-ethyl adjacent to an activating group) is 1. The topological polar surface area (TPSA) is 20.3 Å². The molecule has 0 aliphatic heterocycles. The SMILES string of the molecule is C=CCN(C)C(=O)c1ccc(F)cc1Br. The lowest BCUT2D eigenvalue weighted by atomic mass is 10.2. The third kappa shape index (κ3) is 2.89. The molecular formula is C11H11BrFNO. The highest BCUT2D eigenvalue weighted by atomic mass is 79.9. The van der Waals surface area contributed by atoms with E-state index in [0.29, 0.717) is 16.6 Å². The van der Waals surface area contributed by atoms with Gasteiger partial charge in [-0.1, -0.05) is 6.08 Å². The van der Waals surface area contributed by atoms with Gasteiger partial charge in [-0.2, -0.15) is 0 Å². The second kappa shape index (κ2) is 5.07. The van der Waals surface area contributed by atoms with Crippen LogP contribution < -0.4 is 0 Å². The molecule has 1 aromatic rings. The summed E-state index contributed by atoms with van der Waals surface area (Å²) in [6.07, 6.45) is 1.63. The number of hydrogen-bond donors (Lipinski definition) is 0. The quantitative estimate of drug-likeness (QED) is 0.775. The van der Waals surface area contributed by atoms with Crippen LogP contribution in [0.15, 0.2) is 35.3 Å². The Hall–Kier alpha value is -1.16. The van der Waals surface area contributed by atoms with Crippen LogP contribution in [-0.2, 0) is 0 Å². The molecule has 0 aliphatic rings. The maximum absolute atomic E-state index is 12.8. The third-order valence-corrected chi connectivity index (χ3v) is 2.57. The van der Waals surface area contributed by atoms with Gasteiger partial charge in [-0.3, -0.25) is 4.79 Å². The molecule has 0 saturated heterocycles. The van der Waals surface area contributed by atoms with Gasteiger partial charge in [-0.25, -0.2) is 4.39 Å². The van der Waals surface area contributed by atoms with Crippen LogP contribution in [0.4, 0.5) is 4.39 Å². The molecule has 0 saturated carbocycles. The maximum Gasteiger partial charge on any atom is 0.255 e. The van der Waals surface area contributed by atoms with Crippen molar-refractivity contribution in [2.45, 2.75) is 0 Å².